The fraction of sp³-hybridized carbons (Fsp3) is 0.739. The molecule has 148 valence electrons. The molecule has 1 aromatic rings. The molecule has 1 fully saturated rings. The number of benzene rings is 1. The van der Waals surface area contributed by atoms with E-state index in [2.05, 4.69) is 37.4 Å². The summed E-state index contributed by atoms with van der Waals surface area (Å²) in [5, 5.41) is 3.51. The highest BCUT2D eigenvalue weighted by atomic mass is 19.1. The summed E-state index contributed by atoms with van der Waals surface area (Å²) in [6, 6.07) is 6.54. The number of halogens is 1. The number of nitrogens with one attached hydrogen (secondary N) is 1. The first kappa shape index (κ1) is 21.4. The predicted octanol–water partition coefficient (Wildman–Crippen LogP) is 5.75. The van der Waals surface area contributed by atoms with E-state index < -0.39 is 6.17 Å². The lowest BCUT2D eigenvalue weighted by Crippen LogP contribution is -2.20. The Morgan fingerprint density at radius 3 is 2.96 bits per heavy atom. The van der Waals surface area contributed by atoms with Crippen molar-refractivity contribution in [2.45, 2.75) is 84.4 Å². The Hall–Kier alpha value is -0.930. The first-order chi connectivity index (χ1) is 12.7. The first-order valence-corrected chi connectivity index (χ1v) is 10.7. The summed E-state index contributed by atoms with van der Waals surface area (Å²) in [6.45, 7) is 7.38. The van der Waals surface area contributed by atoms with Crippen LogP contribution in [-0.2, 0) is 17.8 Å². The van der Waals surface area contributed by atoms with Crippen molar-refractivity contribution in [3.05, 3.63) is 34.9 Å². The van der Waals surface area contributed by atoms with E-state index in [1.807, 2.05) is 0 Å². The van der Waals surface area contributed by atoms with Crippen molar-refractivity contribution in [1.29, 1.82) is 0 Å². The molecule has 0 radical (unpaired) electrons. The second kappa shape index (κ2) is 12.5. The minimum Gasteiger partial charge on any atom is -0.374 e. The van der Waals surface area contributed by atoms with Crippen molar-refractivity contribution >= 4 is 0 Å². The van der Waals surface area contributed by atoms with Gasteiger partial charge in [0.2, 0.25) is 0 Å². The smallest absolute Gasteiger partial charge is 0.123 e. The molecule has 1 aliphatic rings. The maximum atomic E-state index is 14.1. The lowest BCUT2D eigenvalue weighted by Gasteiger charge is -2.15. The van der Waals surface area contributed by atoms with E-state index in [1.165, 1.54) is 48.9 Å². The molecular formula is C23H38FNO. The third-order valence-corrected chi connectivity index (χ3v) is 5.53. The van der Waals surface area contributed by atoms with Crippen molar-refractivity contribution in [2.75, 3.05) is 19.7 Å². The molecule has 1 heterocycles. The Morgan fingerprint density at radius 1 is 1.27 bits per heavy atom. The standard InChI is InChI=1S/C23H38FNO/c1-3-8-20-12-13-22(19(2)15-20)17-26-18-23(24)11-5-4-9-21-10-6-7-14-25-16-21/h12-13,15,21,23,25H,3-11,14,16-18H2,1-2H3. The van der Waals surface area contributed by atoms with E-state index in [-0.39, 0.29) is 6.61 Å². The van der Waals surface area contributed by atoms with Gasteiger partial charge in [0.1, 0.15) is 6.17 Å². The molecule has 0 spiro atoms. The molecule has 0 amide bonds. The van der Waals surface area contributed by atoms with E-state index >= 15 is 0 Å². The van der Waals surface area contributed by atoms with Crippen LogP contribution in [0.25, 0.3) is 0 Å². The molecule has 2 rings (SSSR count). The predicted molar refractivity (Wildman–Crippen MR) is 108 cm³/mol. The highest BCUT2D eigenvalue weighted by molar-refractivity contribution is 5.30. The molecule has 1 aromatic carbocycles. The zero-order chi connectivity index (χ0) is 18.6. The van der Waals surface area contributed by atoms with Crippen LogP contribution in [0, 0.1) is 12.8 Å². The summed E-state index contributed by atoms with van der Waals surface area (Å²) >= 11 is 0. The van der Waals surface area contributed by atoms with Gasteiger partial charge in [-0.2, -0.15) is 0 Å². The minimum absolute atomic E-state index is 0.223. The van der Waals surface area contributed by atoms with Crippen LogP contribution < -0.4 is 5.32 Å². The number of rotatable bonds is 11. The van der Waals surface area contributed by atoms with Crippen LogP contribution in [0.3, 0.4) is 0 Å². The van der Waals surface area contributed by atoms with Gasteiger partial charge >= 0.3 is 0 Å². The van der Waals surface area contributed by atoms with Crippen molar-refractivity contribution in [1.82, 2.24) is 5.32 Å². The van der Waals surface area contributed by atoms with Gasteiger partial charge < -0.3 is 10.1 Å². The van der Waals surface area contributed by atoms with E-state index in [4.69, 9.17) is 4.74 Å². The SMILES string of the molecule is CCCc1ccc(COCC(F)CCCCC2CCCCNC2)c(C)c1. The number of hydrogen-bond donors (Lipinski definition) is 1. The van der Waals surface area contributed by atoms with E-state index in [1.54, 1.807) is 0 Å². The maximum Gasteiger partial charge on any atom is 0.123 e. The number of alkyl halides is 1. The van der Waals surface area contributed by atoms with Gasteiger partial charge in [-0.15, -0.1) is 0 Å². The highest BCUT2D eigenvalue weighted by Crippen LogP contribution is 2.19. The summed E-state index contributed by atoms with van der Waals surface area (Å²) in [6.07, 6.45) is 9.43. The zero-order valence-corrected chi connectivity index (χ0v) is 16.9. The van der Waals surface area contributed by atoms with Crippen molar-refractivity contribution in [3.63, 3.8) is 0 Å². The van der Waals surface area contributed by atoms with Crippen LogP contribution in [0.2, 0.25) is 0 Å². The van der Waals surface area contributed by atoms with Crippen molar-refractivity contribution in [3.8, 4) is 0 Å². The summed E-state index contributed by atoms with van der Waals surface area (Å²) in [7, 11) is 0. The van der Waals surface area contributed by atoms with Gasteiger partial charge in [0.25, 0.3) is 0 Å². The summed E-state index contributed by atoms with van der Waals surface area (Å²) in [5.41, 5.74) is 3.81. The van der Waals surface area contributed by atoms with Gasteiger partial charge in [-0.25, -0.2) is 4.39 Å². The number of unbranched alkanes of at least 4 members (excludes halogenated alkanes) is 1. The lowest BCUT2D eigenvalue weighted by molar-refractivity contribution is 0.0650. The summed E-state index contributed by atoms with van der Waals surface area (Å²) < 4.78 is 19.7. The van der Waals surface area contributed by atoms with E-state index in [9.17, 15) is 4.39 Å². The van der Waals surface area contributed by atoms with Crippen molar-refractivity contribution in [2.24, 2.45) is 5.92 Å². The van der Waals surface area contributed by atoms with Crippen molar-refractivity contribution < 1.29 is 9.13 Å². The first-order valence-electron chi connectivity index (χ1n) is 10.7. The lowest BCUT2D eigenvalue weighted by atomic mass is 9.96. The van der Waals surface area contributed by atoms with E-state index in [0.29, 0.717) is 13.0 Å². The fourth-order valence-electron chi connectivity index (χ4n) is 3.88. The topological polar surface area (TPSA) is 21.3 Å². The molecule has 0 aliphatic carbocycles. The molecule has 2 unspecified atom stereocenters. The van der Waals surface area contributed by atoms with Crippen LogP contribution in [0.4, 0.5) is 4.39 Å². The molecule has 1 aliphatic heterocycles. The average molecular weight is 364 g/mol. The quantitative estimate of drug-likeness (QED) is 0.505. The fourth-order valence-corrected chi connectivity index (χ4v) is 3.88. The molecule has 1 saturated heterocycles. The monoisotopic (exact) mass is 363 g/mol. The second-order valence-electron chi connectivity index (χ2n) is 7.97. The Labute approximate surface area is 159 Å². The Morgan fingerprint density at radius 2 is 2.15 bits per heavy atom. The van der Waals surface area contributed by atoms with Gasteiger partial charge in [0.15, 0.2) is 0 Å². The average Bonchev–Trinajstić information content (AvgIpc) is 2.90. The largest absolute Gasteiger partial charge is 0.374 e. The van der Waals surface area contributed by atoms with Gasteiger partial charge in [-0.3, -0.25) is 0 Å². The molecule has 2 nitrogen and oxygen atoms in total. The number of hydrogen-bond acceptors (Lipinski definition) is 2. The summed E-state index contributed by atoms with van der Waals surface area (Å²) in [5.74, 6) is 0.797. The second-order valence-corrected chi connectivity index (χ2v) is 7.97. The Balaban J connectivity index is 1.56. The molecule has 3 heteroatoms. The normalized spacial score (nSPS) is 19.3. The third kappa shape index (κ3) is 8.18. The number of ether oxygens (including phenoxy) is 1. The molecule has 1 N–H and O–H groups in total. The Bertz CT molecular complexity index is 497. The Kier molecular flexibility index (Phi) is 10.2. The maximum absolute atomic E-state index is 14.1. The van der Waals surface area contributed by atoms with Crippen LogP contribution >= 0.6 is 0 Å². The summed E-state index contributed by atoms with van der Waals surface area (Å²) in [4.78, 5) is 0. The van der Waals surface area contributed by atoms with Gasteiger partial charge in [-0.05, 0) is 74.7 Å². The zero-order valence-electron chi connectivity index (χ0n) is 16.9. The van der Waals surface area contributed by atoms with Gasteiger partial charge in [0.05, 0.1) is 13.2 Å². The van der Waals surface area contributed by atoms with Crippen LogP contribution in [0.5, 0.6) is 0 Å². The van der Waals surface area contributed by atoms with Gasteiger partial charge in [-0.1, -0.05) is 50.8 Å². The molecule has 0 bridgehead atoms. The molecule has 0 saturated carbocycles. The van der Waals surface area contributed by atoms with E-state index in [0.717, 1.165) is 38.1 Å². The van der Waals surface area contributed by atoms with Crippen LogP contribution in [0.15, 0.2) is 18.2 Å². The third-order valence-electron chi connectivity index (χ3n) is 5.53. The molecule has 0 aromatic heterocycles. The molecular weight excluding hydrogens is 325 g/mol. The van der Waals surface area contributed by atoms with Crippen LogP contribution in [-0.4, -0.2) is 25.9 Å². The number of aryl methyl sites for hydroxylation is 2. The molecule has 2 atom stereocenters. The highest BCUT2D eigenvalue weighted by Gasteiger charge is 2.12. The van der Waals surface area contributed by atoms with Gasteiger partial charge in [0, 0.05) is 0 Å². The van der Waals surface area contributed by atoms with Crippen LogP contribution in [0.1, 0.15) is 75.0 Å². The molecule has 26 heavy (non-hydrogen) atoms. The minimum atomic E-state index is -0.832.